The Morgan fingerprint density at radius 2 is 2.19 bits per heavy atom. The fourth-order valence-electron chi connectivity index (χ4n) is 4.03. The van der Waals surface area contributed by atoms with E-state index >= 15 is 0 Å². The quantitative estimate of drug-likeness (QED) is 0.383. The molecule has 0 aromatic heterocycles. The predicted octanol–water partition coefficient (Wildman–Crippen LogP) is 1.19. The van der Waals surface area contributed by atoms with Crippen LogP contribution < -0.4 is 16.2 Å². The van der Waals surface area contributed by atoms with Gasteiger partial charge in [-0.1, -0.05) is 12.2 Å². The van der Waals surface area contributed by atoms with Crippen LogP contribution in [0.5, 0.6) is 0 Å². The lowest BCUT2D eigenvalue weighted by Gasteiger charge is -2.32. The van der Waals surface area contributed by atoms with E-state index in [1.165, 1.54) is 19.3 Å². The van der Waals surface area contributed by atoms with Crippen LogP contribution in [0, 0.1) is 23.7 Å². The van der Waals surface area contributed by atoms with E-state index in [2.05, 4.69) is 28.3 Å². The third kappa shape index (κ3) is 1.55. The zero-order valence-electron chi connectivity index (χ0n) is 9.57. The normalized spacial score (nSPS) is 43.4. The van der Waals surface area contributed by atoms with E-state index in [0.717, 1.165) is 28.8 Å². The number of hydrogen-bond acceptors (Lipinski definition) is 2. The van der Waals surface area contributed by atoms with Gasteiger partial charge in [0.15, 0.2) is 5.11 Å². The monoisotopic (exact) mass is 237 g/mol. The Labute approximate surface area is 102 Å². The third-order valence-corrected chi connectivity index (χ3v) is 4.78. The molecule has 0 unspecified atom stereocenters. The summed E-state index contributed by atoms with van der Waals surface area (Å²) < 4.78 is 0. The van der Waals surface area contributed by atoms with E-state index in [4.69, 9.17) is 12.2 Å². The maximum Gasteiger partial charge on any atom is 0.181 e. The fraction of sp³-hybridized carbons (Fsp3) is 0.750. The number of thiocarbonyl (C=S) groups is 1. The summed E-state index contributed by atoms with van der Waals surface area (Å²) in [5, 5.41) is 4.18. The first-order chi connectivity index (χ1) is 7.79. The molecule has 3 aliphatic carbocycles. The standard InChI is InChI=1S/C12H19N3S/c1-13-15-12(16)14-11-6-7-5-10(11)9-4-2-3-8(7)9/h2,4,7-11,13H,3,5-6H2,1H3,(H2,14,15,16)/t7-,8+,9-,10-,11+/m1/s1. The van der Waals surface area contributed by atoms with Gasteiger partial charge in [-0.15, -0.1) is 0 Å². The van der Waals surface area contributed by atoms with Gasteiger partial charge in [-0.05, 0) is 55.2 Å². The molecular formula is C12H19N3S. The van der Waals surface area contributed by atoms with E-state index in [9.17, 15) is 0 Å². The summed E-state index contributed by atoms with van der Waals surface area (Å²) in [5.74, 6) is 3.52. The maximum atomic E-state index is 5.22. The molecule has 2 fully saturated rings. The predicted molar refractivity (Wildman–Crippen MR) is 68.7 cm³/mol. The van der Waals surface area contributed by atoms with Crippen molar-refractivity contribution in [3.63, 3.8) is 0 Å². The van der Waals surface area contributed by atoms with E-state index < -0.39 is 0 Å². The van der Waals surface area contributed by atoms with Gasteiger partial charge >= 0.3 is 0 Å². The largest absolute Gasteiger partial charge is 0.359 e. The fourth-order valence-corrected chi connectivity index (χ4v) is 4.28. The molecule has 2 saturated carbocycles. The van der Waals surface area contributed by atoms with Gasteiger partial charge in [-0.25, -0.2) is 5.43 Å². The molecule has 0 aromatic rings. The molecule has 3 N–H and O–H groups in total. The molecule has 0 heterocycles. The van der Waals surface area contributed by atoms with Crippen molar-refractivity contribution >= 4 is 17.3 Å². The highest BCUT2D eigenvalue weighted by Gasteiger charge is 2.52. The Bertz CT molecular complexity index is 328. The summed E-state index contributed by atoms with van der Waals surface area (Å²) in [5.41, 5.74) is 5.81. The molecule has 0 aliphatic heterocycles. The Morgan fingerprint density at radius 3 is 3.00 bits per heavy atom. The van der Waals surface area contributed by atoms with Crippen LogP contribution in [0.2, 0.25) is 0 Å². The lowest BCUT2D eigenvalue weighted by Crippen LogP contribution is -2.49. The van der Waals surface area contributed by atoms with Crippen molar-refractivity contribution in [1.29, 1.82) is 0 Å². The Balaban J connectivity index is 1.63. The van der Waals surface area contributed by atoms with Gasteiger partial charge in [-0.3, -0.25) is 5.43 Å². The zero-order chi connectivity index (χ0) is 11.1. The summed E-state index contributed by atoms with van der Waals surface area (Å²) in [6.07, 6.45) is 8.84. The van der Waals surface area contributed by atoms with Gasteiger partial charge in [0.1, 0.15) is 0 Å². The minimum atomic E-state index is 0.586. The molecule has 5 atom stereocenters. The average Bonchev–Trinajstić information content (AvgIpc) is 2.86. The van der Waals surface area contributed by atoms with Crippen LogP contribution >= 0.6 is 12.2 Å². The molecule has 0 aromatic carbocycles. The van der Waals surface area contributed by atoms with Crippen molar-refractivity contribution < 1.29 is 0 Å². The second-order valence-electron chi connectivity index (χ2n) is 5.26. The molecule has 2 bridgehead atoms. The lowest BCUT2D eigenvalue weighted by molar-refractivity contribution is 0.245. The summed E-state index contributed by atoms with van der Waals surface area (Å²) in [4.78, 5) is 0. The Morgan fingerprint density at radius 1 is 1.31 bits per heavy atom. The van der Waals surface area contributed by atoms with Gasteiger partial charge < -0.3 is 5.32 Å². The van der Waals surface area contributed by atoms with E-state index in [0.29, 0.717) is 6.04 Å². The van der Waals surface area contributed by atoms with E-state index in [1.807, 2.05) is 7.05 Å². The number of allylic oxidation sites excluding steroid dienone is 2. The van der Waals surface area contributed by atoms with E-state index in [-0.39, 0.29) is 0 Å². The number of nitrogens with one attached hydrogen (secondary N) is 3. The molecule has 0 spiro atoms. The number of hydrogen-bond donors (Lipinski definition) is 3. The van der Waals surface area contributed by atoms with Crippen molar-refractivity contribution in [3.05, 3.63) is 12.2 Å². The number of rotatable bonds is 2. The molecule has 3 rings (SSSR count). The second-order valence-corrected chi connectivity index (χ2v) is 5.66. The molecule has 3 aliphatic rings. The summed E-state index contributed by atoms with van der Waals surface area (Å²) >= 11 is 5.22. The minimum Gasteiger partial charge on any atom is -0.359 e. The molecule has 4 heteroatoms. The molecule has 0 saturated heterocycles. The second kappa shape index (κ2) is 4.00. The highest BCUT2D eigenvalue weighted by Crippen LogP contribution is 2.56. The van der Waals surface area contributed by atoms with Gasteiger partial charge in [0, 0.05) is 13.1 Å². The van der Waals surface area contributed by atoms with Crippen molar-refractivity contribution in [1.82, 2.24) is 16.2 Å². The molecular weight excluding hydrogens is 218 g/mol. The number of fused-ring (bicyclic) bond motifs is 5. The van der Waals surface area contributed by atoms with Crippen LogP contribution in [0.25, 0.3) is 0 Å². The summed E-state index contributed by atoms with van der Waals surface area (Å²) in [7, 11) is 1.84. The van der Waals surface area contributed by atoms with Crippen LogP contribution in [0.15, 0.2) is 12.2 Å². The van der Waals surface area contributed by atoms with Crippen molar-refractivity contribution in [2.24, 2.45) is 23.7 Å². The van der Waals surface area contributed by atoms with E-state index in [1.54, 1.807) is 0 Å². The van der Waals surface area contributed by atoms with Crippen LogP contribution in [0.3, 0.4) is 0 Å². The first-order valence-corrected chi connectivity index (χ1v) is 6.60. The minimum absolute atomic E-state index is 0.586. The van der Waals surface area contributed by atoms with Crippen molar-refractivity contribution in [2.75, 3.05) is 7.05 Å². The lowest BCUT2D eigenvalue weighted by atomic mass is 9.79. The first kappa shape index (κ1) is 10.5. The Kier molecular flexibility index (Phi) is 2.64. The highest BCUT2D eigenvalue weighted by molar-refractivity contribution is 7.80. The topological polar surface area (TPSA) is 36.1 Å². The van der Waals surface area contributed by atoms with Crippen molar-refractivity contribution in [2.45, 2.75) is 25.3 Å². The SMILES string of the molecule is CNNC(=S)N[C@H]1C[C@H]2C[C@@H]1[C@@H]1C=CC[C@@H]21. The van der Waals surface area contributed by atoms with Crippen molar-refractivity contribution in [3.8, 4) is 0 Å². The van der Waals surface area contributed by atoms with Gasteiger partial charge in [0.05, 0.1) is 0 Å². The van der Waals surface area contributed by atoms with Gasteiger partial charge in [0.25, 0.3) is 0 Å². The molecule has 16 heavy (non-hydrogen) atoms. The third-order valence-electron chi connectivity index (χ3n) is 4.56. The van der Waals surface area contributed by atoms with Gasteiger partial charge in [0.2, 0.25) is 0 Å². The Hall–Kier alpha value is -0.610. The summed E-state index contributed by atoms with van der Waals surface area (Å²) in [6, 6.07) is 0.586. The molecule has 88 valence electrons. The molecule has 3 nitrogen and oxygen atoms in total. The number of hydrazine groups is 1. The highest BCUT2D eigenvalue weighted by atomic mass is 32.1. The average molecular weight is 237 g/mol. The van der Waals surface area contributed by atoms with Gasteiger partial charge in [-0.2, -0.15) is 0 Å². The smallest absolute Gasteiger partial charge is 0.181 e. The molecule has 0 amide bonds. The van der Waals surface area contributed by atoms with Crippen LogP contribution in [-0.2, 0) is 0 Å². The molecule has 0 radical (unpaired) electrons. The maximum absolute atomic E-state index is 5.22. The summed E-state index contributed by atoms with van der Waals surface area (Å²) in [6.45, 7) is 0. The van der Waals surface area contributed by atoms with Crippen LogP contribution in [0.4, 0.5) is 0 Å². The first-order valence-electron chi connectivity index (χ1n) is 6.19. The van der Waals surface area contributed by atoms with Crippen LogP contribution in [-0.4, -0.2) is 18.2 Å². The van der Waals surface area contributed by atoms with Crippen LogP contribution in [0.1, 0.15) is 19.3 Å². The zero-order valence-corrected chi connectivity index (χ0v) is 10.4.